The first-order valence-corrected chi connectivity index (χ1v) is 8.00. The second-order valence-electron chi connectivity index (χ2n) is 6.14. The van der Waals surface area contributed by atoms with Gasteiger partial charge in [-0.1, -0.05) is 0 Å². The van der Waals surface area contributed by atoms with Gasteiger partial charge in [-0.05, 0) is 0 Å². The lowest BCUT2D eigenvalue weighted by Gasteiger charge is -2.41. The lowest BCUT2D eigenvalue weighted by molar-refractivity contribution is -0.224. The van der Waals surface area contributed by atoms with Crippen LogP contribution in [-0.2, 0) is 15.2 Å². The Balaban J connectivity index is 1.90. The Kier molecular flexibility index (Phi) is 4.06. The van der Waals surface area contributed by atoms with E-state index in [1.165, 1.54) is 17.2 Å². The van der Waals surface area contributed by atoms with E-state index in [-0.39, 0.29) is 5.82 Å². The van der Waals surface area contributed by atoms with Crippen molar-refractivity contribution in [3.05, 3.63) is 12.7 Å². The van der Waals surface area contributed by atoms with Crippen molar-refractivity contribution in [2.45, 2.75) is 30.1 Å². The molecular weight excluding hydrogens is 332 g/mol. The van der Waals surface area contributed by atoms with Crippen LogP contribution in [0.25, 0.3) is 11.2 Å². The van der Waals surface area contributed by atoms with Gasteiger partial charge in [-0.25, -0.2) is 15.0 Å². The van der Waals surface area contributed by atoms with Crippen LogP contribution in [0, 0.1) is 0 Å². The van der Waals surface area contributed by atoms with Gasteiger partial charge >= 0.3 is 0 Å². The summed E-state index contributed by atoms with van der Waals surface area (Å²) in [5.74, 6) is 0.188. The van der Waals surface area contributed by atoms with E-state index in [0.29, 0.717) is 30.9 Å². The Labute approximate surface area is 142 Å². The van der Waals surface area contributed by atoms with Gasteiger partial charge in [0, 0.05) is 13.1 Å². The van der Waals surface area contributed by atoms with Crippen molar-refractivity contribution in [2.24, 2.45) is 0 Å². The van der Waals surface area contributed by atoms with E-state index < -0.39 is 36.7 Å². The summed E-state index contributed by atoms with van der Waals surface area (Å²) in [5, 5.41) is 33.9. The molecule has 2 fully saturated rings. The third kappa shape index (κ3) is 2.32. The van der Waals surface area contributed by atoms with Crippen molar-refractivity contribution in [3.63, 3.8) is 0 Å². The smallest absolute Gasteiger partial charge is 0.204 e. The van der Waals surface area contributed by atoms with E-state index in [1.54, 1.807) is 0 Å². The summed E-state index contributed by atoms with van der Waals surface area (Å²) in [7, 11) is 0. The summed E-state index contributed by atoms with van der Waals surface area (Å²) >= 11 is 0. The maximum atomic E-state index is 10.8. The van der Waals surface area contributed by atoms with Crippen LogP contribution in [0.3, 0.4) is 0 Å². The number of hydrogen-bond acceptors (Lipinski definition) is 10. The predicted molar refractivity (Wildman–Crippen MR) is 84.3 cm³/mol. The number of ether oxygens (including phenoxy) is 2. The highest BCUT2D eigenvalue weighted by Gasteiger charge is 2.61. The monoisotopic (exact) mass is 352 g/mol. The molecule has 0 aliphatic carbocycles. The molecule has 136 valence electrons. The molecule has 0 radical (unpaired) electrons. The van der Waals surface area contributed by atoms with Gasteiger partial charge in [0.1, 0.15) is 36.3 Å². The molecule has 2 saturated heterocycles. The molecule has 0 aromatic carbocycles. The largest absolute Gasteiger partial charge is 0.394 e. The summed E-state index contributed by atoms with van der Waals surface area (Å²) in [6.07, 6.45) is -1.59. The van der Waals surface area contributed by atoms with Crippen molar-refractivity contribution in [3.8, 4) is 0 Å². The molecule has 0 bridgehead atoms. The number of nitrogens with one attached hydrogen (secondary N) is 1. The Bertz CT molecular complexity index is 765. The van der Waals surface area contributed by atoms with Crippen LogP contribution in [0.4, 0.5) is 5.82 Å². The van der Waals surface area contributed by atoms with Gasteiger partial charge in [0.2, 0.25) is 5.72 Å². The van der Waals surface area contributed by atoms with Crippen molar-refractivity contribution < 1.29 is 24.8 Å². The van der Waals surface area contributed by atoms with Crippen LogP contribution in [0.1, 0.15) is 0 Å². The SMILES string of the molecule is Nc1ncnc2c1ncn2[C@]1(C2CNCCO2)O[C@H](CO)[C@@H](O)[C@H]1O. The Morgan fingerprint density at radius 3 is 2.88 bits per heavy atom. The maximum absolute atomic E-state index is 10.8. The van der Waals surface area contributed by atoms with E-state index in [1.807, 2.05) is 0 Å². The first kappa shape index (κ1) is 16.6. The fourth-order valence-corrected chi connectivity index (χ4v) is 3.54. The Morgan fingerprint density at radius 1 is 1.36 bits per heavy atom. The first-order chi connectivity index (χ1) is 12.1. The topological polar surface area (TPSA) is 161 Å². The zero-order valence-electron chi connectivity index (χ0n) is 13.3. The summed E-state index contributed by atoms with van der Waals surface area (Å²) < 4.78 is 13.3. The van der Waals surface area contributed by atoms with Gasteiger partial charge in [0.05, 0.1) is 19.5 Å². The van der Waals surface area contributed by atoms with Gasteiger partial charge < -0.3 is 35.8 Å². The van der Waals surface area contributed by atoms with Crippen LogP contribution in [0.15, 0.2) is 12.7 Å². The summed E-state index contributed by atoms with van der Waals surface area (Å²) in [5.41, 5.74) is 5.01. The zero-order valence-corrected chi connectivity index (χ0v) is 13.3. The first-order valence-electron chi connectivity index (χ1n) is 8.00. The van der Waals surface area contributed by atoms with Gasteiger partial charge in [-0.2, -0.15) is 0 Å². The number of nitrogen functional groups attached to an aromatic ring is 1. The molecule has 2 aromatic rings. The molecule has 2 aliphatic rings. The number of hydrogen-bond donors (Lipinski definition) is 5. The number of fused-ring (bicyclic) bond motifs is 1. The molecule has 11 nitrogen and oxygen atoms in total. The molecule has 4 heterocycles. The Morgan fingerprint density at radius 2 is 2.20 bits per heavy atom. The highest BCUT2D eigenvalue weighted by molar-refractivity contribution is 5.81. The molecule has 0 amide bonds. The van der Waals surface area contributed by atoms with Crippen molar-refractivity contribution in [2.75, 3.05) is 32.0 Å². The van der Waals surface area contributed by atoms with Gasteiger partial charge in [0.15, 0.2) is 11.5 Å². The third-order valence-corrected chi connectivity index (χ3v) is 4.78. The van der Waals surface area contributed by atoms with Crippen LogP contribution in [0.2, 0.25) is 0 Å². The second-order valence-corrected chi connectivity index (χ2v) is 6.14. The van der Waals surface area contributed by atoms with Crippen LogP contribution in [-0.4, -0.2) is 85.6 Å². The van der Waals surface area contributed by atoms with E-state index in [9.17, 15) is 15.3 Å². The van der Waals surface area contributed by atoms with Gasteiger partial charge in [-0.15, -0.1) is 0 Å². The van der Waals surface area contributed by atoms with Crippen LogP contribution >= 0.6 is 0 Å². The quantitative estimate of drug-likeness (QED) is 0.389. The molecule has 1 unspecified atom stereocenters. The molecule has 4 rings (SSSR count). The number of nitrogens with zero attached hydrogens (tertiary/aromatic N) is 4. The summed E-state index contributed by atoms with van der Waals surface area (Å²) in [6.45, 7) is 0.993. The van der Waals surface area contributed by atoms with Gasteiger partial charge in [-0.3, -0.25) is 4.57 Å². The number of aliphatic hydroxyl groups excluding tert-OH is 3. The normalized spacial score (nSPS) is 36.1. The number of imidazole rings is 1. The van der Waals surface area contributed by atoms with Crippen LogP contribution < -0.4 is 11.1 Å². The van der Waals surface area contributed by atoms with E-state index in [4.69, 9.17) is 15.2 Å². The van der Waals surface area contributed by atoms with Gasteiger partial charge in [0.25, 0.3) is 0 Å². The molecule has 2 aliphatic heterocycles. The van der Waals surface area contributed by atoms with E-state index in [2.05, 4.69) is 20.3 Å². The molecular formula is C14H20N6O5. The third-order valence-electron chi connectivity index (χ3n) is 4.78. The molecule has 6 N–H and O–H groups in total. The zero-order chi connectivity index (χ0) is 17.6. The average Bonchev–Trinajstić information content (AvgIpc) is 3.18. The number of aliphatic hydroxyl groups is 3. The minimum Gasteiger partial charge on any atom is -0.394 e. The Hall–Kier alpha value is -1.89. The maximum Gasteiger partial charge on any atom is 0.204 e. The minimum absolute atomic E-state index is 0.188. The number of rotatable bonds is 3. The van der Waals surface area contributed by atoms with Crippen molar-refractivity contribution in [1.29, 1.82) is 0 Å². The molecule has 5 atom stereocenters. The molecule has 25 heavy (non-hydrogen) atoms. The summed E-state index contributed by atoms with van der Waals surface area (Å²) in [4.78, 5) is 12.3. The number of anilines is 1. The highest BCUT2D eigenvalue weighted by Crippen LogP contribution is 2.41. The standard InChI is InChI=1S/C14H20N6O5/c15-12-9-13(18-5-17-12)20(6-19-9)14(8-3-16-1-2-24-8)11(23)10(22)7(4-21)25-14/h5-8,10-11,16,21-23H,1-4H2,(H2,15,17,18)/t7-,8?,10-,11-,14-/m1/s1. The summed E-state index contributed by atoms with van der Waals surface area (Å²) in [6, 6.07) is 0. The predicted octanol–water partition coefficient (Wildman–Crippen LogP) is -2.84. The number of morpholine rings is 1. The molecule has 11 heteroatoms. The average molecular weight is 352 g/mol. The fourth-order valence-electron chi connectivity index (χ4n) is 3.54. The second kappa shape index (κ2) is 6.12. The molecule has 2 aromatic heterocycles. The van der Waals surface area contributed by atoms with E-state index >= 15 is 0 Å². The molecule has 0 spiro atoms. The number of nitrogens with two attached hydrogens (primary N) is 1. The highest BCUT2D eigenvalue weighted by atomic mass is 16.6. The fraction of sp³-hybridized carbons (Fsp3) is 0.643. The lowest BCUT2D eigenvalue weighted by atomic mass is 9.95. The molecule has 0 saturated carbocycles. The minimum atomic E-state index is -1.52. The van der Waals surface area contributed by atoms with E-state index in [0.717, 1.165) is 0 Å². The van der Waals surface area contributed by atoms with Crippen LogP contribution in [0.5, 0.6) is 0 Å². The number of aromatic nitrogens is 4. The van der Waals surface area contributed by atoms with Crippen molar-refractivity contribution in [1.82, 2.24) is 24.8 Å². The lowest BCUT2D eigenvalue weighted by Crippen LogP contribution is -2.60. The van der Waals surface area contributed by atoms with Crippen molar-refractivity contribution >= 4 is 17.0 Å².